The van der Waals surface area contributed by atoms with Gasteiger partial charge in [-0.2, -0.15) is 0 Å². The zero-order valence-corrected chi connectivity index (χ0v) is 17.6. The molecule has 1 N–H and O–H groups in total. The third-order valence-electron chi connectivity index (χ3n) is 5.13. The highest BCUT2D eigenvalue weighted by Crippen LogP contribution is 2.34. The molecule has 0 fully saturated rings. The molecule has 13 heteroatoms. The number of aromatic nitrogens is 2. The predicted octanol–water partition coefficient (Wildman–Crippen LogP) is 4.64. The fourth-order valence-corrected chi connectivity index (χ4v) is 3.34. The van der Waals surface area contributed by atoms with Gasteiger partial charge in [-0.3, -0.25) is 13.9 Å². The maximum atomic E-state index is 14.4. The topological polar surface area (TPSA) is 64.2 Å². The average molecular weight is 508 g/mol. The predicted molar refractivity (Wildman–Crippen MR) is 106 cm³/mol. The molecule has 0 aliphatic heterocycles. The summed E-state index contributed by atoms with van der Waals surface area (Å²) in [6, 6.07) is 2.68. The van der Waals surface area contributed by atoms with Crippen LogP contribution >= 0.6 is 0 Å². The second-order valence-corrected chi connectivity index (χ2v) is 7.65. The number of rotatable bonds is 8. The van der Waals surface area contributed by atoms with Crippen molar-refractivity contribution in [3.05, 3.63) is 97.7 Å². The summed E-state index contributed by atoms with van der Waals surface area (Å²) >= 11 is 0. The lowest BCUT2D eigenvalue weighted by Gasteiger charge is -2.20. The molecule has 0 aliphatic rings. The van der Waals surface area contributed by atoms with Crippen molar-refractivity contribution < 1.29 is 40.2 Å². The van der Waals surface area contributed by atoms with E-state index in [2.05, 4.69) is 0 Å². The largest absolute Gasteiger partial charge is 0.494 e. The van der Waals surface area contributed by atoms with Crippen molar-refractivity contribution in [2.75, 3.05) is 0 Å². The van der Waals surface area contributed by atoms with E-state index in [9.17, 15) is 49.8 Å². The average Bonchev–Trinajstić information content (AvgIpc) is 2.71. The van der Waals surface area contributed by atoms with Gasteiger partial charge in [0.2, 0.25) is 5.88 Å². The molecule has 5 nitrogen and oxygen atoms in total. The molecule has 0 radical (unpaired) electrons. The van der Waals surface area contributed by atoms with E-state index in [-0.39, 0.29) is 4.57 Å². The number of aromatic hydroxyl groups is 1. The van der Waals surface area contributed by atoms with Crippen LogP contribution in [0.4, 0.5) is 35.1 Å². The van der Waals surface area contributed by atoms with Crippen LogP contribution < -0.4 is 11.2 Å². The van der Waals surface area contributed by atoms with Crippen LogP contribution in [0.2, 0.25) is 0 Å². The molecule has 1 heterocycles. The monoisotopic (exact) mass is 508 g/mol. The summed E-state index contributed by atoms with van der Waals surface area (Å²) in [7, 11) is 0. The first-order valence-corrected chi connectivity index (χ1v) is 9.92. The van der Waals surface area contributed by atoms with E-state index in [1.807, 2.05) is 0 Å². The minimum absolute atomic E-state index is 0.225. The fourth-order valence-electron chi connectivity index (χ4n) is 3.34. The van der Waals surface area contributed by atoms with Crippen LogP contribution in [0, 0.1) is 23.3 Å². The quantitative estimate of drug-likeness (QED) is 0.452. The van der Waals surface area contributed by atoms with Crippen LogP contribution in [0.3, 0.4) is 0 Å². The summed E-state index contributed by atoms with van der Waals surface area (Å²) in [5.41, 5.74) is -4.75. The third kappa shape index (κ3) is 5.89. The summed E-state index contributed by atoms with van der Waals surface area (Å²) in [6.07, 6.45) is -2.52. The molecule has 0 bridgehead atoms. The van der Waals surface area contributed by atoms with Crippen LogP contribution in [0.5, 0.6) is 5.88 Å². The lowest BCUT2D eigenvalue weighted by molar-refractivity contribution is -0.0199. The van der Waals surface area contributed by atoms with Crippen molar-refractivity contribution in [3.63, 3.8) is 0 Å². The van der Waals surface area contributed by atoms with Gasteiger partial charge in [0.05, 0.1) is 6.07 Å². The van der Waals surface area contributed by atoms with Gasteiger partial charge in [0.1, 0.15) is 23.3 Å². The van der Waals surface area contributed by atoms with Crippen molar-refractivity contribution in [1.82, 2.24) is 9.13 Å². The van der Waals surface area contributed by atoms with Crippen molar-refractivity contribution in [2.24, 2.45) is 0 Å². The Kier molecular flexibility index (Phi) is 7.08. The van der Waals surface area contributed by atoms with Gasteiger partial charge in [-0.05, 0) is 24.3 Å². The first-order valence-electron chi connectivity index (χ1n) is 9.92. The van der Waals surface area contributed by atoms with Crippen molar-refractivity contribution >= 4 is 0 Å². The van der Waals surface area contributed by atoms with Gasteiger partial charge in [0.15, 0.2) is 0 Å². The van der Waals surface area contributed by atoms with E-state index in [4.69, 9.17) is 0 Å². The number of hydrogen-bond donors (Lipinski definition) is 1. The maximum Gasteiger partial charge on any atom is 0.333 e. The number of nitrogens with zero attached hydrogens (tertiary/aromatic N) is 2. The van der Waals surface area contributed by atoms with Gasteiger partial charge >= 0.3 is 5.69 Å². The van der Waals surface area contributed by atoms with Crippen LogP contribution in [0.1, 0.15) is 24.0 Å². The summed E-state index contributed by atoms with van der Waals surface area (Å²) < 4.78 is 111. The lowest BCUT2D eigenvalue weighted by atomic mass is 10.0. The second-order valence-electron chi connectivity index (χ2n) is 7.65. The van der Waals surface area contributed by atoms with Crippen LogP contribution in [-0.4, -0.2) is 14.2 Å². The Bertz CT molecular complexity index is 1330. The summed E-state index contributed by atoms with van der Waals surface area (Å²) in [4.78, 5) is 24.6. The first-order chi connectivity index (χ1) is 16.2. The molecule has 0 atom stereocenters. The summed E-state index contributed by atoms with van der Waals surface area (Å²) in [5, 5.41) is 9.87. The van der Waals surface area contributed by atoms with E-state index < -0.39 is 89.3 Å². The molecular formula is C22H16F8N2O3. The highest BCUT2D eigenvalue weighted by Gasteiger charge is 2.34. The van der Waals surface area contributed by atoms with E-state index in [1.54, 1.807) is 0 Å². The Hall–Kier alpha value is -3.64. The number of hydrogen-bond acceptors (Lipinski definition) is 3. The smallest absolute Gasteiger partial charge is 0.333 e. The normalized spacial score (nSPS) is 12.2. The molecule has 0 unspecified atom stereocenters. The Balaban J connectivity index is 1.85. The second kappa shape index (κ2) is 9.55. The van der Waals surface area contributed by atoms with Gasteiger partial charge in [0.25, 0.3) is 17.4 Å². The molecule has 0 saturated heterocycles. The minimum Gasteiger partial charge on any atom is -0.494 e. The molecule has 3 aromatic rings. The SMILES string of the molecule is O=c1cc(O)n(CCC(F)(F)c2cc(F)cc(F)c2)c(=O)n1CCC(F)(F)c1cc(F)cc(F)c1. The highest BCUT2D eigenvalue weighted by molar-refractivity contribution is 5.23. The minimum atomic E-state index is -3.88. The molecule has 0 amide bonds. The van der Waals surface area contributed by atoms with Crippen LogP contribution in [0.25, 0.3) is 0 Å². The third-order valence-corrected chi connectivity index (χ3v) is 5.13. The Morgan fingerprint density at radius 3 is 1.40 bits per heavy atom. The number of halogens is 8. The van der Waals surface area contributed by atoms with E-state index in [1.165, 1.54) is 0 Å². The van der Waals surface area contributed by atoms with Crippen LogP contribution in [-0.2, 0) is 24.9 Å². The Morgan fingerprint density at radius 1 is 0.629 bits per heavy atom. The van der Waals surface area contributed by atoms with Gasteiger partial charge in [-0.25, -0.2) is 39.9 Å². The standard InChI is InChI=1S/C22H16F8N2O3/c23-14-5-12(6-15(24)9-14)21(27,28)1-3-31-18(33)11-19(34)32(20(31)35)4-2-22(29,30)13-7-16(25)10-17(26)8-13/h5-11,33H,1-4H2. The molecule has 35 heavy (non-hydrogen) atoms. The van der Waals surface area contributed by atoms with Crippen molar-refractivity contribution in [3.8, 4) is 5.88 Å². The molecule has 3 rings (SSSR count). The maximum absolute atomic E-state index is 14.4. The zero-order chi connectivity index (χ0) is 26.1. The lowest BCUT2D eigenvalue weighted by Crippen LogP contribution is -2.40. The van der Waals surface area contributed by atoms with Crippen molar-refractivity contribution in [2.45, 2.75) is 37.8 Å². The Labute approximate surface area is 191 Å². The summed E-state index contributed by atoms with van der Waals surface area (Å²) in [6.45, 7) is -1.95. The van der Waals surface area contributed by atoms with E-state index in [0.29, 0.717) is 47.0 Å². The zero-order valence-electron chi connectivity index (χ0n) is 17.6. The number of alkyl halides is 4. The van der Waals surface area contributed by atoms with Gasteiger partial charge in [-0.15, -0.1) is 0 Å². The molecule has 0 aliphatic carbocycles. The fraction of sp³-hybridized carbons (Fsp3) is 0.273. The molecule has 1 aromatic heterocycles. The van der Waals surface area contributed by atoms with Gasteiger partial charge in [0, 0.05) is 49.2 Å². The molecule has 188 valence electrons. The number of benzene rings is 2. The molecular weight excluding hydrogens is 492 g/mol. The Morgan fingerprint density at radius 2 is 1.00 bits per heavy atom. The van der Waals surface area contributed by atoms with E-state index in [0.717, 1.165) is 0 Å². The summed E-state index contributed by atoms with van der Waals surface area (Å²) in [5.74, 6) is -13.9. The molecule has 0 spiro atoms. The van der Waals surface area contributed by atoms with Crippen molar-refractivity contribution in [1.29, 1.82) is 0 Å². The van der Waals surface area contributed by atoms with Crippen LogP contribution in [0.15, 0.2) is 52.1 Å². The molecule has 2 aromatic carbocycles. The highest BCUT2D eigenvalue weighted by atomic mass is 19.3. The van der Waals surface area contributed by atoms with Gasteiger partial charge < -0.3 is 5.11 Å². The first kappa shape index (κ1) is 26.0. The molecule has 0 saturated carbocycles. The van der Waals surface area contributed by atoms with E-state index >= 15 is 0 Å². The van der Waals surface area contributed by atoms with Gasteiger partial charge in [-0.1, -0.05) is 0 Å².